The number of sulfonamides is 1. The third-order valence-corrected chi connectivity index (χ3v) is 6.83. The van der Waals surface area contributed by atoms with Crippen LogP contribution >= 0.6 is 0 Å². The summed E-state index contributed by atoms with van der Waals surface area (Å²) >= 11 is 0. The van der Waals surface area contributed by atoms with Crippen LogP contribution in [-0.4, -0.2) is 42.2 Å². The molecule has 1 aromatic rings. The molecule has 2 aliphatic rings. The summed E-state index contributed by atoms with van der Waals surface area (Å²) < 4.78 is 27.0. The first-order chi connectivity index (χ1) is 11.5. The number of carbonyl (C=O) groups excluding carboxylic acids is 1. The summed E-state index contributed by atoms with van der Waals surface area (Å²) in [5, 5.41) is 3.04. The summed E-state index contributed by atoms with van der Waals surface area (Å²) in [7, 11) is -3.68. The highest BCUT2D eigenvalue weighted by Gasteiger charge is 2.39. The van der Waals surface area contributed by atoms with Crippen LogP contribution < -0.4 is 5.32 Å². The van der Waals surface area contributed by atoms with Crippen LogP contribution in [0.2, 0.25) is 0 Å². The van der Waals surface area contributed by atoms with Gasteiger partial charge in [0.25, 0.3) is 0 Å². The van der Waals surface area contributed by atoms with E-state index in [2.05, 4.69) is 17.2 Å². The maximum absolute atomic E-state index is 12.8. The molecule has 6 nitrogen and oxygen atoms in total. The number of amides is 1. The molecule has 2 saturated carbocycles. The molecule has 3 rings (SSSR count). The average Bonchev–Trinajstić information content (AvgIpc) is 3.40. The second-order valence-electron chi connectivity index (χ2n) is 6.91. The molecule has 0 radical (unpaired) electrons. The van der Waals surface area contributed by atoms with E-state index in [0.29, 0.717) is 5.92 Å². The van der Waals surface area contributed by atoms with Crippen LogP contribution in [0.4, 0.5) is 0 Å². The van der Waals surface area contributed by atoms with Crippen molar-refractivity contribution in [2.75, 3.05) is 6.54 Å². The molecule has 1 heterocycles. The molecule has 1 amide bonds. The molecule has 0 bridgehead atoms. The molecule has 24 heavy (non-hydrogen) atoms. The number of nitrogens with zero attached hydrogens (tertiary/aromatic N) is 2. The van der Waals surface area contributed by atoms with Crippen molar-refractivity contribution in [3.8, 4) is 0 Å². The first kappa shape index (κ1) is 17.4. The standard InChI is InChI=1S/C17H25N3O3S/c1-13-5-2-3-7-16(13)19-17(21)12-20(14-8-9-14)24(22,23)15-6-4-10-18-11-15/h4,6,10-11,13-14,16H,2-3,5,7-9,12H2,1H3,(H,19,21)/t13-,16-/m0/s1. The van der Waals surface area contributed by atoms with E-state index in [4.69, 9.17) is 0 Å². The van der Waals surface area contributed by atoms with E-state index in [1.807, 2.05) is 0 Å². The summed E-state index contributed by atoms with van der Waals surface area (Å²) in [6, 6.07) is 3.22. The quantitative estimate of drug-likeness (QED) is 0.849. The summed E-state index contributed by atoms with van der Waals surface area (Å²) in [4.78, 5) is 16.5. The van der Waals surface area contributed by atoms with Gasteiger partial charge < -0.3 is 5.32 Å². The normalized spacial score (nSPS) is 24.8. The minimum absolute atomic E-state index is 0.0651. The van der Waals surface area contributed by atoms with Gasteiger partial charge >= 0.3 is 0 Å². The summed E-state index contributed by atoms with van der Waals surface area (Å²) in [6.07, 6.45) is 8.92. The monoisotopic (exact) mass is 351 g/mol. The predicted molar refractivity (Wildman–Crippen MR) is 90.7 cm³/mol. The van der Waals surface area contributed by atoms with Crippen molar-refractivity contribution in [2.45, 2.75) is 62.4 Å². The molecule has 2 atom stereocenters. The lowest BCUT2D eigenvalue weighted by molar-refractivity contribution is -0.122. The van der Waals surface area contributed by atoms with Gasteiger partial charge in [0.05, 0.1) is 6.54 Å². The molecule has 1 N–H and O–H groups in total. The smallest absolute Gasteiger partial charge is 0.245 e. The molecule has 2 aliphatic carbocycles. The van der Waals surface area contributed by atoms with Crippen molar-refractivity contribution >= 4 is 15.9 Å². The fourth-order valence-corrected chi connectivity index (χ4v) is 4.94. The van der Waals surface area contributed by atoms with Crippen LogP contribution in [-0.2, 0) is 14.8 Å². The third-order valence-electron chi connectivity index (χ3n) is 4.95. The highest BCUT2D eigenvalue weighted by Crippen LogP contribution is 2.31. The van der Waals surface area contributed by atoms with Gasteiger partial charge in [0.15, 0.2) is 0 Å². The second-order valence-corrected chi connectivity index (χ2v) is 8.80. The fraction of sp³-hybridized carbons (Fsp3) is 0.647. The summed E-state index contributed by atoms with van der Waals surface area (Å²) in [5.74, 6) is 0.250. The molecular weight excluding hydrogens is 326 g/mol. The zero-order valence-electron chi connectivity index (χ0n) is 14.0. The van der Waals surface area contributed by atoms with Gasteiger partial charge in [0.1, 0.15) is 4.90 Å². The van der Waals surface area contributed by atoms with Crippen LogP contribution in [0, 0.1) is 5.92 Å². The Labute approximate surface area is 143 Å². The second kappa shape index (κ2) is 7.19. The van der Waals surface area contributed by atoms with Crippen LogP contribution in [0.25, 0.3) is 0 Å². The summed E-state index contributed by atoms with van der Waals surface area (Å²) in [6.45, 7) is 2.04. The fourth-order valence-electron chi connectivity index (χ4n) is 3.33. The predicted octanol–water partition coefficient (Wildman–Crippen LogP) is 1.93. The Balaban J connectivity index is 1.69. The lowest BCUT2D eigenvalue weighted by Crippen LogP contribution is -2.47. The maximum Gasteiger partial charge on any atom is 0.245 e. The van der Waals surface area contributed by atoms with Gasteiger partial charge in [-0.15, -0.1) is 0 Å². The number of hydrogen-bond donors (Lipinski definition) is 1. The van der Waals surface area contributed by atoms with Crippen LogP contribution in [0.15, 0.2) is 29.4 Å². The van der Waals surface area contributed by atoms with E-state index in [9.17, 15) is 13.2 Å². The Kier molecular flexibility index (Phi) is 5.20. The lowest BCUT2D eigenvalue weighted by Gasteiger charge is -2.30. The average molecular weight is 351 g/mol. The van der Waals surface area contributed by atoms with Crippen LogP contribution in [0.5, 0.6) is 0 Å². The van der Waals surface area contributed by atoms with Crippen molar-refractivity contribution in [3.05, 3.63) is 24.5 Å². The molecule has 0 spiro atoms. The van der Waals surface area contributed by atoms with Gasteiger partial charge in [0, 0.05) is 24.5 Å². The van der Waals surface area contributed by atoms with E-state index < -0.39 is 10.0 Å². The number of carbonyl (C=O) groups is 1. The molecule has 132 valence electrons. The Morgan fingerprint density at radius 2 is 2.04 bits per heavy atom. The number of nitrogens with one attached hydrogen (secondary N) is 1. The van der Waals surface area contributed by atoms with Gasteiger partial charge in [-0.1, -0.05) is 19.8 Å². The van der Waals surface area contributed by atoms with E-state index in [1.54, 1.807) is 6.07 Å². The molecule has 0 unspecified atom stereocenters. The molecule has 0 aromatic carbocycles. The van der Waals surface area contributed by atoms with Gasteiger partial charge in [-0.2, -0.15) is 4.31 Å². The largest absolute Gasteiger partial charge is 0.352 e. The molecule has 1 aromatic heterocycles. The number of hydrogen-bond acceptors (Lipinski definition) is 4. The Morgan fingerprint density at radius 3 is 2.67 bits per heavy atom. The number of rotatable bonds is 6. The molecule has 0 aliphatic heterocycles. The highest BCUT2D eigenvalue weighted by atomic mass is 32.2. The maximum atomic E-state index is 12.8. The van der Waals surface area contributed by atoms with Crippen molar-refractivity contribution in [2.24, 2.45) is 5.92 Å². The van der Waals surface area contributed by atoms with E-state index in [-0.39, 0.29) is 29.4 Å². The van der Waals surface area contributed by atoms with Crippen LogP contribution in [0.1, 0.15) is 45.4 Å². The minimum Gasteiger partial charge on any atom is -0.352 e. The number of pyridine rings is 1. The highest BCUT2D eigenvalue weighted by molar-refractivity contribution is 7.89. The van der Waals surface area contributed by atoms with Crippen molar-refractivity contribution in [1.82, 2.24) is 14.6 Å². The minimum atomic E-state index is -3.68. The lowest BCUT2D eigenvalue weighted by atomic mass is 9.86. The Bertz CT molecular complexity index is 674. The Hall–Kier alpha value is -1.47. The van der Waals surface area contributed by atoms with Crippen LogP contribution in [0.3, 0.4) is 0 Å². The topological polar surface area (TPSA) is 79.4 Å². The van der Waals surface area contributed by atoms with E-state index >= 15 is 0 Å². The molecule has 0 saturated heterocycles. The number of aromatic nitrogens is 1. The molecular formula is C17H25N3O3S. The first-order valence-electron chi connectivity index (χ1n) is 8.69. The van der Waals surface area contributed by atoms with Gasteiger partial charge in [-0.25, -0.2) is 8.42 Å². The van der Waals surface area contributed by atoms with Crippen molar-refractivity contribution in [3.63, 3.8) is 0 Å². The molecule has 7 heteroatoms. The van der Waals surface area contributed by atoms with Gasteiger partial charge in [-0.05, 0) is 43.7 Å². The SMILES string of the molecule is C[C@H]1CCCC[C@@H]1NC(=O)CN(C1CC1)S(=O)(=O)c1cccnc1. The van der Waals surface area contributed by atoms with E-state index in [1.165, 1.54) is 29.2 Å². The van der Waals surface area contributed by atoms with Crippen molar-refractivity contribution in [1.29, 1.82) is 0 Å². The van der Waals surface area contributed by atoms with E-state index in [0.717, 1.165) is 32.1 Å². The third kappa shape index (κ3) is 3.95. The first-order valence-corrected chi connectivity index (χ1v) is 10.1. The van der Waals surface area contributed by atoms with Gasteiger partial charge in [-0.3, -0.25) is 9.78 Å². The Morgan fingerprint density at radius 1 is 1.29 bits per heavy atom. The summed E-state index contributed by atoms with van der Waals surface area (Å²) in [5.41, 5.74) is 0. The van der Waals surface area contributed by atoms with Gasteiger partial charge in [0.2, 0.25) is 15.9 Å². The van der Waals surface area contributed by atoms with Crippen molar-refractivity contribution < 1.29 is 13.2 Å². The zero-order chi connectivity index (χ0) is 17.2. The zero-order valence-corrected chi connectivity index (χ0v) is 14.8. The molecule has 2 fully saturated rings.